The molecule has 1 N–H and O–H groups in total. The Labute approximate surface area is 113 Å². The molecule has 0 bridgehead atoms. The van der Waals surface area contributed by atoms with Crippen LogP contribution in [0.2, 0.25) is 0 Å². The number of nitrogens with one attached hydrogen (secondary N) is 1. The summed E-state index contributed by atoms with van der Waals surface area (Å²) in [4.78, 5) is 5.35. The Bertz CT molecular complexity index is 264. The van der Waals surface area contributed by atoms with E-state index < -0.39 is 0 Å². The van der Waals surface area contributed by atoms with Crippen LogP contribution in [-0.2, 0) is 0 Å². The molecule has 3 nitrogen and oxygen atoms in total. The second-order valence-electron chi connectivity index (χ2n) is 6.80. The summed E-state index contributed by atoms with van der Waals surface area (Å²) in [5.41, 5.74) is 0.286. The average Bonchev–Trinajstić information content (AvgIpc) is 2.76. The maximum atomic E-state index is 3.68. The van der Waals surface area contributed by atoms with Gasteiger partial charge >= 0.3 is 0 Å². The first-order valence-corrected chi connectivity index (χ1v) is 7.75. The lowest BCUT2D eigenvalue weighted by molar-refractivity contribution is 0.0777. The number of hydrogen-bond acceptors (Lipinski definition) is 3. The van der Waals surface area contributed by atoms with Gasteiger partial charge in [-0.1, -0.05) is 13.8 Å². The summed E-state index contributed by atoms with van der Waals surface area (Å²) in [6, 6.07) is 0.744. The van der Waals surface area contributed by atoms with Crippen LogP contribution in [0.1, 0.15) is 40.5 Å². The maximum absolute atomic E-state index is 3.68. The monoisotopic (exact) mass is 253 g/mol. The summed E-state index contributed by atoms with van der Waals surface area (Å²) in [6.07, 6.45) is 2.67. The molecule has 2 aliphatic rings. The van der Waals surface area contributed by atoms with E-state index in [-0.39, 0.29) is 5.54 Å². The molecule has 0 radical (unpaired) electrons. The Morgan fingerprint density at radius 2 is 2.06 bits per heavy atom. The van der Waals surface area contributed by atoms with Gasteiger partial charge in [-0.25, -0.2) is 0 Å². The third-order valence-corrected chi connectivity index (χ3v) is 4.71. The molecule has 2 heterocycles. The van der Waals surface area contributed by atoms with Crippen molar-refractivity contribution in [3.05, 3.63) is 0 Å². The van der Waals surface area contributed by atoms with Gasteiger partial charge in [-0.15, -0.1) is 0 Å². The molecule has 0 aromatic carbocycles. The summed E-state index contributed by atoms with van der Waals surface area (Å²) >= 11 is 0. The Morgan fingerprint density at radius 1 is 1.28 bits per heavy atom. The van der Waals surface area contributed by atoms with Crippen molar-refractivity contribution in [3.63, 3.8) is 0 Å². The predicted molar refractivity (Wildman–Crippen MR) is 78.0 cm³/mol. The van der Waals surface area contributed by atoms with Crippen LogP contribution in [0.4, 0.5) is 0 Å². The molecular weight excluding hydrogens is 222 g/mol. The van der Waals surface area contributed by atoms with Crippen molar-refractivity contribution in [2.75, 3.05) is 39.3 Å². The Morgan fingerprint density at radius 3 is 2.67 bits per heavy atom. The molecule has 2 aliphatic heterocycles. The van der Waals surface area contributed by atoms with Crippen molar-refractivity contribution in [3.8, 4) is 0 Å². The highest BCUT2D eigenvalue weighted by Gasteiger charge is 2.33. The fourth-order valence-corrected chi connectivity index (χ4v) is 3.51. The zero-order valence-corrected chi connectivity index (χ0v) is 12.7. The van der Waals surface area contributed by atoms with Crippen molar-refractivity contribution in [2.45, 2.75) is 52.1 Å². The van der Waals surface area contributed by atoms with E-state index in [1.807, 2.05) is 0 Å². The summed E-state index contributed by atoms with van der Waals surface area (Å²) in [5, 5.41) is 3.68. The Kier molecular flexibility index (Phi) is 4.68. The third kappa shape index (κ3) is 3.46. The topological polar surface area (TPSA) is 18.5 Å². The van der Waals surface area contributed by atoms with Crippen molar-refractivity contribution in [1.82, 2.24) is 15.1 Å². The largest absolute Gasteiger partial charge is 0.309 e. The van der Waals surface area contributed by atoms with E-state index in [0.29, 0.717) is 0 Å². The fraction of sp³-hybridized carbons (Fsp3) is 1.00. The van der Waals surface area contributed by atoms with Crippen LogP contribution in [0.5, 0.6) is 0 Å². The van der Waals surface area contributed by atoms with Crippen molar-refractivity contribution in [1.29, 1.82) is 0 Å². The molecule has 0 saturated carbocycles. The molecule has 0 aromatic heterocycles. The second-order valence-corrected chi connectivity index (χ2v) is 6.80. The van der Waals surface area contributed by atoms with Crippen LogP contribution in [0.3, 0.4) is 0 Å². The lowest BCUT2D eigenvalue weighted by atomic mass is 9.95. The maximum Gasteiger partial charge on any atom is 0.0252 e. The molecule has 2 fully saturated rings. The van der Waals surface area contributed by atoms with E-state index in [1.54, 1.807) is 0 Å². The predicted octanol–water partition coefficient (Wildman–Crippen LogP) is 1.79. The van der Waals surface area contributed by atoms with E-state index in [2.05, 4.69) is 42.8 Å². The van der Waals surface area contributed by atoms with E-state index >= 15 is 0 Å². The van der Waals surface area contributed by atoms with Gasteiger partial charge in [0.2, 0.25) is 0 Å². The SMILES string of the molecule is CCC1CNC(C)(C)CN1CC1CCN(CC)C1. The molecular formula is C15H31N3. The molecule has 2 unspecified atom stereocenters. The molecule has 0 amide bonds. The quantitative estimate of drug-likeness (QED) is 0.824. The average molecular weight is 253 g/mol. The first-order valence-electron chi connectivity index (χ1n) is 7.75. The first kappa shape index (κ1) is 14.3. The number of hydrogen-bond donors (Lipinski definition) is 1. The first-order chi connectivity index (χ1) is 8.54. The lowest BCUT2D eigenvalue weighted by Crippen LogP contribution is -2.62. The highest BCUT2D eigenvalue weighted by molar-refractivity contribution is 4.93. The standard InChI is InChI=1S/C15H31N3/c1-5-14-9-16-15(3,4)12-18(14)11-13-7-8-17(6-2)10-13/h13-14,16H,5-12H2,1-4H3. The fourth-order valence-electron chi connectivity index (χ4n) is 3.51. The van der Waals surface area contributed by atoms with Crippen LogP contribution < -0.4 is 5.32 Å². The number of piperazine rings is 1. The smallest absolute Gasteiger partial charge is 0.0252 e. The van der Waals surface area contributed by atoms with Gasteiger partial charge in [0.25, 0.3) is 0 Å². The second kappa shape index (κ2) is 5.89. The zero-order valence-electron chi connectivity index (χ0n) is 12.7. The molecule has 2 saturated heterocycles. The minimum absolute atomic E-state index is 0.286. The molecule has 0 aliphatic carbocycles. The molecule has 3 heteroatoms. The van der Waals surface area contributed by atoms with Gasteiger partial charge in [-0.05, 0) is 45.7 Å². The summed E-state index contributed by atoms with van der Waals surface area (Å²) in [7, 11) is 0. The summed E-state index contributed by atoms with van der Waals surface area (Å²) in [5.74, 6) is 0.896. The van der Waals surface area contributed by atoms with Gasteiger partial charge in [0, 0.05) is 37.8 Å². The van der Waals surface area contributed by atoms with Crippen LogP contribution in [-0.4, -0.2) is 60.6 Å². The van der Waals surface area contributed by atoms with Gasteiger partial charge in [-0.2, -0.15) is 0 Å². The number of rotatable bonds is 4. The van der Waals surface area contributed by atoms with E-state index in [1.165, 1.54) is 45.6 Å². The van der Waals surface area contributed by atoms with E-state index in [9.17, 15) is 0 Å². The third-order valence-electron chi connectivity index (χ3n) is 4.71. The van der Waals surface area contributed by atoms with Crippen LogP contribution in [0.25, 0.3) is 0 Å². The van der Waals surface area contributed by atoms with Crippen LogP contribution in [0.15, 0.2) is 0 Å². The molecule has 0 spiro atoms. The van der Waals surface area contributed by atoms with Gasteiger partial charge in [0.1, 0.15) is 0 Å². The molecule has 2 atom stereocenters. The van der Waals surface area contributed by atoms with Crippen LogP contribution >= 0.6 is 0 Å². The van der Waals surface area contributed by atoms with E-state index in [4.69, 9.17) is 0 Å². The highest BCUT2D eigenvalue weighted by atomic mass is 15.3. The Balaban J connectivity index is 1.89. The van der Waals surface area contributed by atoms with Crippen molar-refractivity contribution in [2.24, 2.45) is 5.92 Å². The van der Waals surface area contributed by atoms with Crippen molar-refractivity contribution < 1.29 is 0 Å². The lowest BCUT2D eigenvalue weighted by Gasteiger charge is -2.45. The Hall–Kier alpha value is -0.120. The normalized spacial score (nSPS) is 34.0. The minimum Gasteiger partial charge on any atom is -0.309 e. The molecule has 0 aromatic rings. The summed E-state index contributed by atoms with van der Waals surface area (Å²) < 4.78 is 0. The summed E-state index contributed by atoms with van der Waals surface area (Å²) in [6.45, 7) is 16.8. The van der Waals surface area contributed by atoms with Gasteiger partial charge < -0.3 is 10.2 Å². The molecule has 18 heavy (non-hydrogen) atoms. The molecule has 2 rings (SSSR count). The highest BCUT2D eigenvalue weighted by Crippen LogP contribution is 2.22. The van der Waals surface area contributed by atoms with Crippen molar-refractivity contribution >= 4 is 0 Å². The minimum atomic E-state index is 0.286. The van der Waals surface area contributed by atoms with Gasteiger partial charge in [0.15, 0.2) is 0 Å². The number of likely N-dealkylation sites (tertiary alicyclic amines) is 1. The molecule has 106 valence electrons. The van der Waals surface area contributed by atoms with Gasteiger partial charge in [-0.3, -0.25) is 4.90 Å². The zero-order chi connectivity index (χ0) is 13.2. The van der Waals surface area contributed by atoms with E-state index in [0.717, 1.165) is 18.5 Å². The van der Waals surface area contributed by atoms with Gasteiger partial charge in [0.05, 0.1) is 0 Å². The van der Waals surface area contributed by atoms with Crippen LogP contribution in [0, 0.1) is 5.92 Å². The number of nitrogens with zero attached hydrogens (tertiary/aromatic N) is 2.